The predicted octanol–water partition coefficient (Wildman–Crippen LogP) is 2.51. The third-order valence-corrected chi connectivity index (χ3v) is 3.17. The van der Waals surface area contributed by atoms with Gasteiger partial charge in [0.1, 0.15) is 11.6 Å². The van der Waals surface area contributed by atoms with E-state index >= 15 is 0 Å². The minimum Gasteiger partial charge on any atom is -0.469 e. The van der Waals surface area contributed by atoms with Crippen LogP contribution in [0, 0.1) is 6.92 Å². The Kier molecular flexibility index (Phi) is 5.12. The molecular formula is C15H22N4O. The highest BCUT2D eigenvalue weighted by atomic mass is 16.3. The lowest BCUT2D eigenvalue weighted by Gasteiger charge is -2.18. The minimum atomic E-state index is 0.757. The lowest BCUT2D eigenvalue weighted by atomic mass is 10.2. The van der Waals surface area contributed by atoms with Crippen molar-refractivity contribution in [3.8, 4) is 0 Å². The first-order chi connectivity index (χ1) is 9.70. The zero-order valence-electron chi connectivity index (χ0n) is 12.4. The third-order valence-electron chi connectivity index (χ3n) is 3.17. The van der Waals surface area contributed by atoms with E-state index < -0.39 is 0 Å². The molecule has 0 fully saturated rings. The summed E-state index contributed by atoms with van der Waals surface area (Å²) in [6, 6.07) is 1.99. The fourth-order valence-corrected chi connectivity index (χ4v) is 1.97. The number of rotatable bonds is 7. The van der Waals surface area contributed by atoms with Crippen molar-refractivity contribution in [3.63, 3.8) is 0 Å². The van der Waals surface area contributed by atoms with Crippen molar-refractivity contribution in [1.82, 2.24) is 15.3 Å². The van der Waals surface area contributed by atoms with Gasteiger partial charge in [-0.05, 0) is 26.0 Å². The van der Waals surface area contributed by atoms with Crippen LogP contribution < -0.4 is 10.2 Å². The van der Waals surface area contributed by atoms with Crippen molar-refractivity contribution in [3.05, 3.63) is 41.7 Å². The molecule has 20 heavy (non-hydrogen) atoms. The topological polar surface area (TPSA) is 54.2 Å². The van der Waals surface area contributed by atoms with Crippen LogP contribution in [0.25, 0.3) is 0 Å². The monoisotopic (exact) mass is 274 g/mol. The Morgan fingerprint density at radius 2 is 2.20 bits per heavy atom. The maximum Gasteiger partial charge on any atom is 0.147 e. The van der Waals surface area contributed by atoms with Gasteiger partial charge in [-0.25, -0.2) is 4.98 Å². The van der Waals surface area contributed by atoms with Gasteiger partial charge in [0.25, 0.3) is 0 Å². The Balaban J connectivity index is 2.00. The Morgan fingerprint density at radius 1 is 1.35 bits per heavy atom. The highest BCUT2D eigenvalue weighted by Gasteiger charge is 2.08. The zero-order chi connectivity index (χ0) is 14.4. The van der Waals surface area contributed by atoms with Crippen LogP contribution in [0.4, 0.5) is 5.82 Å². The number of anilines is 1. The summed E-state index contributed by atoms with van der Waals surface area (Å²) in [6.45, 7) is 6.64. The summed E-state index contributed by atoms with van der Waals surface area (Å²) >= 11 is 0. The summed E-state index contributed by atoms with van der Waals surface area (Å²) in [5.41, 5.74) is 2.13. The quantitative estimate of drug-likeness (QED) is 0.786. The Morgan fingerprint density at radius 3 is 2.90 bits per heavy atom. The SMILES string of the molecule is CCCNCc1cncc(N(C)Cc2ccoc2C)n1. The summed E-state index contributed by atoms with van der Waals surface area (Å²) in [4.78, 5) is 11.0. The lowest BCUT2D eigenvalue weighted by Crippen LogP contribution is -2.20. The van der Waals surface area contributed by atoms with E-state index in [1.807, 2.05) is 26.2 Å². The number of nitrogens with one attached hydrogen (secondary N) is 1. The number of aromatic nitrogens is 2. The number of nitrogens with zero attached hydrogens (tertiary/aromatic N) is 3. The molecule has 2 aromatic rings. The second-order valence-electron chi connectivity index (χ2n) is 4.90. The predicted molar refractivity (Wildman–Crippen MR) is 79.6 cm³/mol. The fourth-order valence-electron chi connectivity index (χ4n) is 1.97. The van der Waals surface area contributed by atoms with Gasteiger partial charge in [0, 0.05) is 31.9 Å². The van der Waals surface area contributed by atoms with Gasteiger partial charge in [-0.3, -0.25) is 4.98 Å². The molecule has 0 bridgehead atoms. The van der Waals surface area contributed by atoms with Crippen LogP contribution in [0.5, 0.6) is 0 Å². The summed E-state index contributed by atoms with van der Waals surface area (Å²) in [6.07, 6.45) is 6.43. The molecule has 5 heteroatoms. The summed E-state index contributed by atoms with van der Waals surface area (Å²) in [7, 11) is 2.01. The van der Waals surface area contributed by atoms with Gasteiger partial charge in [-0.2, -0.15) is 0 Å². The van der Waals surface area contributed by atoms with Crippen LogP contribution in [-0.2, 0) is 13.1 Å². The molecule has 2 rings (SSSR count). The van der Waals surface area contributed by atoms with Gasteiger partial charge in [-0.15, -0.1) is 0 Å². The van der Waals surface area contributed by atoms with Gasteiger partial charge >= 0.3 is 0 Å². The first-order valence-corrected chi connectivity index (χ1v) is 6.96. The average Bonchev–Trinajstić information content (AvgIpc) is 2.85. The second kappa shape index (κ2) is 7.05. The molecule has 0 unspecified atom stereocenters. The van der Waals surface area contributed by atoms with Crippen LogP contribution >= 0.6 is 0 Å². The maximum absolute atomic E-state index is 5.32. The van der Waals surface area contributed by atoms with Crippen molar-refractivity contribution in [2.45, 2.75) is 33.4 Å². The maximum atomic E-state index is 5.32. The highest BCUT2D eigenvalue weighted by molar-refractivity contribution is 5.37. The second-order valence-corrected chi connectivity index (χ2v) is 4.90. The van der Waals surface area contributed by atoms with Crippen LogP contribution in [0.15, 0.2) is 29.1 Å². The van der Waals surface area contributed by atoms with E-state index in [-0.39, 0.29) is 0 Å². The number of hydrogen-bond donors (Lipinski definition) is 1. The summed E-state index contributed by atoms with van der Waals surface area (Å²) in [5.74, 6) is 1.83. The van der Waals surface area contributed by atoms with Crippen molar-refractivity contribution in [2.24, 2.45) is 0 Å². The Hall–Kier alpha value is -1.88. The average molecular weight is 274 g/mol. The fraction of sp³-hybridized carbons (Fsp3) is 0.467. The van der Waals surface area contributed by atoms with Gasteiger partial charge < -0.3 is 14.6 Å². The van der Waals surface area contributed by atoms with E-state index in [9.17, 15) is 0 Å². The highest BCUT2D eigenvalue weighted by Crippen LogP contribution is 2.15. The van der Waals surface area contributed by atoms with E-state index in [1.165, 1.54) is 5.56 Å². The molecular weight excluding hydrogens is 252 g/mol. The number of hydrogen-bond acceptors (Lipinski definition) is 5. The molecule has 2 heterocycles. The van der Waals surface area contributed by atoms with E-state index in [0.717, 1.165) is 43.3 Å². The normalized spacial score (nSPS) is 10.8. The van der Waals surface area contributed by atoms with E-state index in [4.69, 9.17) is 4.42 Å². The lowest BCUT2D eigenvalue weighted by molar-refractivity contribution is 0.529. The van der Waals surface area contributed by atoms with Crippen molar-refractivity contribution >= 4 is 5.82 Å². The van der Waals surface area contributed by atoms with Crippen LogP contribution in [0.2, 0.25) is 0 Å². The molecule has 0 aliphatic carbocycles. The smallest absolute Gasteiger partial charge is 0.147 e. The van der Waals surface area contributed by atoms with Gasteiger partial charge in [0.05, 0.1) is 18.2 Å². The largest absolute Gasteiger partial charge is 0.469 e. The van der Waals surface area contributed by atoms with Crippen molar-refractivity contribution < 1.29 is 4.42 Å². The number of furan rings is 1. The van der Waals surface area contributed by atoms with Crippen LogP contribution in [0.1, 0.15) is 30.4 Å². The molecule has 0 atom stereocenters. The van der Waals surface area contributed by atoms with E-state index in [2.05, 4.69) is 27.1 Å². The molecule has 0 amide bonds. The Labute approximate surface area is 120 Å². The molecule has 2 aromatic heterocycles. The van der Waals surface area contributed by atoms with Gasteiger partial charge in [0.15, 0.2) is 0 Å². The van der Waals surface area contributed by atoms with Crippen molar-refractivity contribution in [2.75, 3.05) is 18.5 Å². The minimum absolute atomic E-state index is 0.757. The van der Waals surface area contributed by atoms with E-state index in [0.29, 0.717) is 0 Å². The standard InChI is InChI=1S/C15H22N4O/c1-4-6-16-8-14-9-17-10-15(18-14)19(3)11-13-5-7-20-12(13)2/h5,7,9-10,16H,4,6,8,11H2,1-3H3. The van der Waals surface area contributed by atoms with Gasteiger partial charge in [-0.1, -0.05) is 6.92 Å². The molecule has 1 N–H and O–H groups in total. The third kappa shape index (κ3) is 3.81. The molecule has 0 aromatic carbocycles. The zero-order valence-corrected chi connectivity index (χ0v) is 12.4. The molecule has 108 valence electrons. The molecule has 0 saturated carbocycles. The summed E-state index contributed by atoms with van der Waals surface area (Å²) in [5, 5.41) is 3.34. The van der Waals surface area contributed by atoms with Crippen LogP contribution in [0.3, 0.4) is 0 Å². The molecule has 5 nitrogen and oxygen atoms in total. The first kappa shape index (κ1) is 14.5. The molecule has 0 aliphatic rings. The Bertz CT molecular complexity index is 538. The summed E-state index contributed by atoms with van der Waals surface area (Å²) < 4.78 is 5.32. The molecule has 0 aliphatic heterocycles. The van der Waals surface area contributed by atoms with Gasteiger partial charge in [0.2, 0.25) is 0 Å². The van der Waals surface area contributed by atoms with Crippen LogP contribution in [-0.4, -0.2) is 23.6 Å². The number of aryl methyl sites for hydroxylation is 1. The molecule has 0 saturated heterocycles. The first-order valence-electron chi connectivity index (χ1n) is 6.96. The molecule has 0 radical (unpaired) electrons. The van der Waals surface area contributed by atoms with E-state index in [1.54, 1.807) is 12.5 Å². The molecule has 0 spiro atoms. The van der Waals surface area contributed by atoms with Crippen molar-refractivity contribution in [1.29, 1.82) is 0 Å².